The Bertz CT molecular complexity index is 484. The topological polar surface area (TPSA) is 32.6 Å². The predicted molar refractivity (Wildman–Crippen MR) is 77.3 cm³/mol. The minimum atomic E-state index is 0.894. The van der Waals surface area contributed by atoms with Crippen molar-refractivity contribution in [1.82, 2.24) is 19.6 Å². The van der Waals surface area contributed by atoms with Gasteiger partial charge in [-0.05, 0) is 20.0 Å². The highest BCUT2D eigenvalue weighted by Gasteiger charge is 2.08. The van der Waals surface area contributed by atoms with Gasteiger partial charge >= 0.3 is 0 Å². The molecule has 2 rings (SSSR count). The first kappa shape index (κ1) is 13.5. The van der Waals surface area contributed by atoms with Crippen molar-refractivity contribution >= 4 is 16.3 Å². The first-order valence-electron chi connectivity index (χ1n) is 6.60. The number of fused-ring (bicyclic) bond motifs is 1. The molecule has 0 bridgehead atoms. The van der Waals surface area contributed by atoms with Gasteiger partial charge in [-0.15, -0.1) is 11.3 Å². The molecule has 18 heavy (non-hydrogen) atoms. The molecule has 4 nitrogen and oxygen atoms in total. The Labute approximate surface area is 113 Å². The number of imidazole rings is 1. The van der Waals surface area contributed by atoms with Crippen LogP contribution in [0.15, 0.2) is 11.6 Å². The Balaban J connectivity index is 1.86. The van der Waals surface area contributed by atoms with E-state index < -0.39 is 0 Å². The molecule has 0 saturated carbocycles. The Morgan fingerprint density at radius 1 is 1.39 bits per heavy atom. The largest absolute Gasteiger partial charge is 0.310 e. The fourth-order valence-electron chi connectivity index (χ4n) is 2.14. The third-order valence-electron chi connectivity index (χ3n) is 3.35. The van der Waals surface area contributed by atoms with Crippen molar-refractivity contribution in [2.24, 2.45) is 0 Å². The van der Waals surface area contributed by atoms with E-state index in [0.717, 1.165) is 43.4 Å². The number of nitrogens with one attached hydrogen (secondary N) is 1. The summed E-state index contributed by atoms with van der Waals surface area (Å²) in [7, 11) is 0. The van der Waals surface area contributed by atoms with Gasteiger partial charge in [-0.1, -0.05) is 13.8 Å². The quantitative estimate of drug-likeness (QED) is 0.779. The zero-order valence-electron chi connectivity index (χ0n) is 11.4. The van der Waals surface area contributed by atoms with E-state index in [4.69, 9.17) is 0 Å². The number of rotatable bonds is 7. The number of hydrogen-bond acceptors (Lipinski definition) is 4. The molecule has 0 aliphatic carbocycles. The number of likely N-dealkylation sites (N-methyl/N-ethyl adjacent to an activating group) is 1. The van der Waals surface area contributed by atoms with Gasteiger partial charge in [-0.2, -0.15) is 0 Å². The van der Waals surface area contributed by atoms with E-state index in [0.29, 0.717) is 0 Å². The van der Waals surface area contributed by atoms with Crippen molar-refractivity contribution in [1.29, 1.82) is 0 Å². The minimum absolute atomic E-state index is 0.894. The van der Waals surface area contributed by atoms with E-state index in [1.54, 1.807) is 11.3 Å². The summed E-state index contributed by atoms with van der Waals surface area (Å²) in [6.07, 6.45) is 2.10. The van der Waals surface area contributed by atoms with Gasteiger partial charge in [-0.3, -0.25) is 4.40 Å². The van der Waals surface area contributed by atoms with Gasteiger partial charge < -0.3 is 10.2 Å². The van der Waals surface area contributed by atoms with Gasteiger partial charge in [0.15, 0.2) is 4.96 Å². The smallest absolute Gasteiger partial charge is 0.194 e. The van der Waals surface area contributed by atoms with Crippen molar-refractivity contribution < 1.29 is 0 Å². The van der Waals surface area contributed by atoms with Crippen molar-refractivity contribution in [3.8, 4) is 0 Å². The second-order valence-electron chi connectivity index (χ2n) is 4.40. The van der Waals surface area contributed by atoms with Crippen LogP contribution in [-0.4, -0.2) is 40.5 Å². The first-order chi connectivity index (χ1) is 8.76. The van der Waals surface area contributed by atoms with Crippen LogP contribution in [0.3, 0.4) is 0 Å². The highest BCUT2D eigenvalue weighted by atomic mass is 32.1. The lowest BCUT2D eigenvalue weighted by molar-refractivity contribution is 0.302. The van der Waals surface area contributed by atoms with Gasteiger partial charge in [0.1, 0.15) is 0 Å². The zero-order valence-corrected chi connectivity index (χ0v) is 12.3. The summed E-state index contributed by atoms with van der Waals surface area (Å²) in [5.74, 6) is 0. The molecule has 0 amide bonds. The predicted octanol–water partition coefficient (Wildman–Crippen LogP) is 2.14. The highest BCUT2D eigenvalue weighted by molar-refractivity contribution is 7.15. The Kier molecular flexibility index (Phi) is 4.74. The van der Waals surface area contributed by atoms with E-state index in [-0.39, 0.29) is 0 Å². The molecule has 5 heteroatoms. The maximum Gasteiger partial charge on any atom is 0.194 e. The van der Waals surface area contributed by atoms with Gasteiger partial charge in [0, 0.05) is 31.2 Å². The summed E-state index contributed by atoms with van der Waals surface area (Å²) in [4.78, 5) is 8.07. The molecule has 0 aromatic carbocycles. The molecule has 0 saturated heterocycles. The van der Waals surface area contributed by atoms with Crippen molar-refractivity contribution in [3.63, 3.8) is 0 Å². The molecule has 2 aromatic heterocycles. The van der Waals surface area contributed by atoms with Crippen molar-refractivity contribution in [2.45, 2.75) is 27.3 Å². The Hall–Kier alpha value is -0.910. The zero-order chi connectivity index (χ0) is 13.0. The third kappa shape index (κ3) is 2.91. The fraction of sp³-hybridized carbons (Fsp3) is 0.615. The molecule has 100 valence electrons. The number of hydrogen-bond donors (Lipinski definition) is 1. The van der Waals surface area contributed by atoms with Gasteiger partial charge in [0.2, 0.25) is 0 Å². The Morgan fingerprint density at radius 2 is 2.17 bits per heavy atom. The van der Waals surface area contributed by atoms with Crippen LogP contribution in [-0.2, 0) is 6.54 Å². The summed E-state index contributed by atoms with van der Waals surface area (Å²) in [5.41, 5.74) is 2.42. The summed E-state index contributed by atoms with van der Waals surface area (Å²) in [5, 5.41) is 5.60. The molecule has 2 aromatic rings. The molecular weight excluding hydrogens is 244 g/mol. The van der Waals surface area contributed by atoms with Gasteiger partial charge in [0.05, 0.1) is 11.4 Å². The second kappa shape index (κ2) is 6.31. The number of nitrogens with zero attached hydrogens (tertiary/aromatic N) is 3. The van der Waals surface area contributed by atoms with Crippen molar-refractivity contribution in [2.75, 3.05) is 26.2 Å². The lowest BCUT2D eigenvalue weighted by Gasteiger charge is -2.17. The molecular formula is C13H22N4S. The van der Waals surface area contributed by atoms with Crippen LogP contribution in [0.1, 0.15) is 25.2 Å². The third-order valence-corrected chi connectivity index (χ3v) is 4.11. The second-order valence-corrected chi connectivity index (χ2v) is 5.28. The van der Waals surface area contributed by atoms with E-state index in [1.807, 2.05) is 0 Å². The van der Waals surface area contributed by atoms with Crippen LogP contribution >= 0.6 is 11.3 Å². The van der Waals surface area contributed by atoms with Crippen LogP contribution < -0.4 is 5.32 Å². The summed E-state index contributed by atoms with van der Waals surface area (Å²) in [6.45, 7) is 11.8. The molecule has 0 aliphatic heterocycles. The van der Waals surface area contributed by atoms with E-state index in [1.165, 1.54) is 5.69 Å². The van der Waals surface area contributed by atoms with Crippen LogP contribution in [0.5, 0.6) is 0 Å². The standard InChI is InChI=1S/C13H22N4S/c1-4-16(5-2)7-6-14-10-12-11(3)15-13-17(12)8-9-18-13/h8-9,14H,4-7,10H2,1-3H3. The molecule has 0 fully saturated rings. The van der Waals surface area contributed by atoms with E-state index >= 15 is 0 Å². The van der Waals surface area contributed by atoms with E-state index in [2.05, 4.69) is 51.9 Å². The minimum Gasteiger partial charge on any atom is -0.310 e. The monoisotopic (exact) mass is 266 g/mol. The molecule has 1 N–H and O–H groups in total. The molecule has 2 heterocycles. The summed E-state index contributed by atoms with van der Waals surface area (Å²) < 4.78 is 2.18. The highest BCUT2D eigenvalue weighted by Crippen LogP contribution is 2.16. The SMILES string of the molecule is CCN(CC)CCNCc1c(C)nc2sccn12. The molecule has 0 radical (unpaired) electrons. The summed E-state index contributed by atoms with van der Waals surface area (Å²) >= 11 is 1.69. The lowest BCUT2D eigenvalue weighted by atomic mass is 10.3. The molecule has 0 spiro atoms. The van der Waals surface area contributed by atoms with Crippen molar-refractivity contribution in [3.05, 3.63) is 23.0 Å². The van der Waals surface area contributed by atoms with Crippen LogP contribution in [0.4, 0.5) is 0 Å². The van der Waals surface area contributed by atoms with Gasteiger partial charge in [0.25, 0.3) is 0 Å². The lowest BCUT2D eigenvalue weighted by Crippen LogP contribution is -2.31. The van der Waals surface area contributed by atoms with Crippen LogP contribution in [0, 0.1) is 6.92 Å². The number of thiazole rings is 1. The average Bonchev–Trinajstić information content (AvgIpc) is 2.91. The first-order valence-corrected chi connectivity index (χ1v) is 7.48. The van der Waals surface area contributed by atoms with Crippen LogP contribution in [0.25, 0.3) is 4.96 Å². The maximum atomic E-state index is 4.55. The average molecular weight is 266 g/mol. The maximum absolute atomic E-state index is 4.55. The molecule has 0 unspecified atom stereocenters. The van der Waals surface area contributed by atoms with Gasteiger partial charge in [-0.25, -0.2) is 4.98 Å². The molecule has 0 atom stereocenters. The van der Waals surface area contributed by atoms with E-state index in [9.17, 15) is 0 Å². The normalized spacial score (nSPS) is 11.8. The Morgan fingerprint density at radius 3 is 2.89 bits per heavy atom. The number of aryl methyl sites for hydroxylation is 1. The molecule has 0 aliphatic rings. The fourth-order valence-corrected chi connectivity index (χ4v) is 2.92. The number of aromatic nitrogens is 2. The summed E-state index contributed by atoms with van der Waals surface area (Å²) in [6, 6.07) is 0. The van der Waals surface area contributed by atoms with Crippen LogP contribution in [0.2, 0.25) is 0 Å².